The van der Waals surface area contributed by atoms with Crippen LogP contribution in [0.5, 0.6) is 0 Å². The molecule has 228 valence electrons. The summed E-state index contributed by atoms with van der Waals surface area (Å²) in [4.78, 5) is 38.3. The fourth-order valence-electron chi connectivity index (χ4n) is 5.20. The van der Waals surface area contributed by atoms with Gasteiger partial charge in [-0.15, -0.1) is 0 Å². The number of benzene rings is 2. The number of nitrogens with zero attached hydrogens (tertiary/aromatic N) is 4. The van der Waals surface area contributed by atoms with E-state index in [9.17, 15) is 18.0 Å². The Morgan fingerprint density at radius 2 is 1.80 bits per heavy atom. The molecule has 1 unspecified atom stereocenters. The van der Waals surface area contributed by atoms with Crippen molar-refractivity contribution in [2.24, 2.45) is 4.99 Å². The second kappa shape index (κ2) is 12.0. The molecule has 1 saturated heterocycles. The lowest BCUT2D eigenvalue weighted by atomic mass is 9.96. The van der Waals surface area contributed by atoms with Crippen LogP contribution in [0, 0.1) is 6.92 Å². The van der Waals surface area contributed by atoms with Crippen LogP contribution in [0.4, 0.5) is 5.88 Å². The minimum atomic E-state index is -4.06. The van der Waals surface area contributed by atoms with Gasteiger partial charge in [0.1, 0.15) is 4.53 Å². The number of carbonyl (C=O) groups excluding carboxylic acids is 1. The number of carbonyl (C=O) groups is 1. The van der Waals surface area contributed by atoms with Gasteiger partial charge in [0.05, 0.1) is 42.0 Å². The molecular formula is C31H30N4O7S2. The Morgan fingerprint density at radius 1 is 1.09 bits per heavy atom. The molecule has 0 N–H and O–H groups in total. The molecule has 2 aromatic heterocycles. The van der Waals surface area contributed by atoms with E-state index >= 15 is 0 Å². The predicted octanol–water partition coefficient (Wildman–Crippen LogP) is 2.76. The summed E-state index contributed by atoms with van der Waals surface area (Å²) in [6.07, 6.45) is 1.42. The number of hydrogen-bond acceptors (Lipinski definition) is 11. The van der Waals surface area contributed by atoms with Crippen LogP contribution < -0.4 is 19.8 Å². The first-order valence-electron chi connectivity index (χ1n) is 14.1. The molecule has 2 aliphatic heterocycles. The summed E-state index contributed by atoms with van der Waals surface area (Å²) in [6, 6.07) is 14.9. The maximum absolute atomic E-state index is 14.0. The maximum Gasteiger partial charge on any atom is 0.338 e. The maximum atomic E-state index is 14.0. The topological polar surface area (TPSA) is 133 Å². The minimum absolute atomic E-state index is 0.0416. The highest BCUT2D eigenvalue weighted by atomic mass is 32.2. The number of oxazole rings is 1. The summed E-state index contributed by atoms with van der Waals surface area (Å²) in [5.41, 5.74) is 1.93. The highest BCUT2D eigenvalue weighted by Gasteiger charge is 2.34. The van der Waals surface area contributed by atoms with Gasteiger partial charge in [-0.25, -0.2) is 18.2 Å². The average Bonchev–Trinajstić information content (AvgIpc) is 3.59. The van der Waals surface area contributed by atoms with Crippen LogP contribution in [0.1, 0.15) is 36.9 Å². The van der Waals surface area contributed by atoms with Gasteiger partial charge in [0, 0.05) is 19.2 Å². The number of ether oxygens (including phenoxy) is 2. The Balaban J connectivity index is 1.51. The number of allylic oxidation sites excluding steroid dienone is 1. The van der Waals surface area contributed by atoms with Crippen LogP contribution >= 0.6 is 11.3 Å². The monoisotopic (exact) mass is 634 g/mol. The molecule has 0 spiro atoms. The van der Waals surface area contributed by atoms with Gasteiger partial charge < -0.3 is 18.8 Å². The Hall–Kier alpha value is -4.33. The van der Waals surface area contributed by atoms with Gasteiger partial charge >= 0.3 is 5.97 Å². The Kier molecular flexibility index (Phi) is 8.10. The van der Waals surface area contributed by atoms with E-state index in [0.717, 1.165) is 22.5 Å². The predicted molar refractivity (Wildman–Crippen MR) is 163 cm³/mol. The zero-order valence-electron chi connectivity index (χ0n) is 24.3. The summed E-state index contributed by atoms with van der Waals surface area (Å²) in [5, 5.41) is -0.232. The highest BCUT2D eigenvalue weighted by Crippen LogP contribution is 2.33. The molecule has 11 nitrogen and oxygen atoms in total. The number of fused-ring (bicyclic) bond motifs is 1. The lowest BCUT2D eigenvalue weighted by Gasteiger charge is -2.26. The van der Waals surface area contributed by atoms with Crippen molar-refractivity contribution < 1.29 is 27.1 Å². The highest BCUT2D eigenvalue weighted by molar-refractivity contribution is 7.91. The molecule has 0 radical (unpaired) electrons. The summed E-state index contributed by atoms with van der Waals surface area (Å²) in [7, 11) is -4.06. The number of thiazole rings is 1. The summed E-state index contributed by atoms with van der Waals surface area (Å²) in [6.45, 7) is 7.12. The van der Waals surface area contributed by atoms with E-state index in [4.69, 9.17) is 13.9 Å². The number of morpholine rings is 1. The van der Waals surface area contributed by atoms with Crippen LogP contribution in [0.3, 0.4) is 0 Å². The first kappa shape index (κ1) is 29.7. The van der Waals surface area contributed by atoms with Gasteiger partial charge in [0.2, 0.25) is 26.6 Å². The van der Waals surface area contributed by atoms with Crippen molar-refractivity contribution in [1.82, 2.24) is 9.55 Å². The third-order valence-electron chi connectivity index (χ3n) is 7.37. The Bertz CT molecular complexity index is 2040. The number of rotatable bonds is 7. The van der Waals surface area contributed by atoms with Crippen LogP contribution in [0.15, 0.2) is 90.0 Å². The molecule has 13 heteroatoms. The second-order valence-corrected chi connectivity index (χ2v) is 13.2. The largest absolute Gasteiger partial charge is 0.463 e. The normalized spacial score (nSPS) is 17.4. The molecule has 6 rings (SSSR count). The van der Waals surface area contributed by atoms with Crippen molar-refractivity contribution in [3.63, 3.8) is 0 Å². The van der Waals surface area contributed by atoms with E-state index in [-0.39, 0.29) is 38.4 Å². The van der Waals surface area contributed by atoms with Crippen LogP contribution in [0.25, 0.3) is 6.08 Å². The van der Waals surface area contributed by atoms with Crippen molar-refractivity contribution in [3.8, 4) is 0 Å². The van der Waals surface area contributed by atoms with Crippen molar-refractivity contribution >= 4 is 39.1 Å². The van der Waals surface area contributed by atoms with Gasteiger partial charge in [-0.05, 0) is 38.5 Å². The van der Waals surface area contributed by atoms with E-state index < -0.39 is 27.4 Å². The molecule has 2 aromatic carbocycles. The van der Waals surface area contributed by atoms with Gasteiger partial charge in [0.25, 0.3) is 5.56 Å². The first-order chi connectivity index (χ1) is 21.2. The van der Waals surface area contributed by atoms with Gasteiger partial charge in [-0.3, -0.25) is 9.36 Å². The van der Waals surface area contributed by atoms with E-state index in [1.807, 2.05) is 37.3 Å². The van der Waals surface area contributed by atoms with Crippen LogP contribution in [-0.4, -0.2) is 56.8 Å². The van der Waals surface area contributed by atoms with E-state index in [1.165, 1.54) is 22.8 Å². The quantitative estimate of drug-likeness (QED) is 0.282. The van der Waals surface area contributed by atoms with Crippen molar-refractivity contribution in [2.45, 2.75) is 36.7 Å². The van der Waals surface area contributed by atoms with E-state index in [0.29, 0.717) is 36.8 Å². The summed E-state index contributed by atoms with van der Waals surface area (Å²) >= 11 is 1.10. The molecule has 44 heavy (non-hydrogen) atoms. The third kappa shape index (κ3) is 5.42. The van der Waals surface area contributed by atoms with Crippen LogP contribution in [0.2, 0.25) is 0 Å². The number of aromatic nitrogens is 2. The Morgan fingerprint density at radius 3 is 2.48 bits per heavy atom. The smallest absolute Gasteiger partial charge is 0.338 e. The third-order valence-corrected chi connectivity index (χ3v) is 10.0. The average molecular weight is 635 g/mol. The van der Waals surface area contributed by atoms with Crippen molar-refractivity contribution in [3.05, 3.63) is 103 Å². The zero-order chi connectivity index (χ0) is 31.0. The SMILES string of the molecule is CCOC(=O)C1=C(C)N=c2sc(=Cc3nc(S(=O)(=O)c4ccc(C)cc4)c(N4CCOCC4)o3)c(=O)n2C1c1ccccc1. The second-order valence-electron chi connectivity index (χ2n) is 10.3. The van der Waals surface area contributed by atoms with Crippen molar-refractivity contribution in [2.75, 3.05) is 37.8 Å². The van der Waals surface area contributed by atoms with Crippen molar-refractivity contribution in [1.29, 1.82) is 0 Å². The molecular weight excluding hydrogens is 604 g/mol. The number of esters is 1. The van der Waals surface area contributed by atoms with Gasteiger partial charge in [-0.2, -0.15) is 4.98 Å². The molecule has 4 heterocycles. The molecule has 0 saturated carbocycles. The lowest BCUT2D eigenvalue weighted by molar-refractivity contribution is -0.139. The number of hydrogen-bond donors (Lipinski definition) is 0. The first-order valence-corrected chi connectivity index (χ1v) is 16.4. The number of aryl methyl sites for hydroxylation is 1. The fraction of sp³-hybridized carbons (Fsp3) is 0.290. The fourth-order valence-corrected chi connectivity index (χ4v) is 7.54. The lowest BCUT2D eigenvalue weighted by Crippen LogP contribution is -2.39. The Labute approximate surface area is 257 Å². The van der Waals surface area contributed by atoms with E-state index in [1.54, 1.807) is 30.9 Å². The summed E-state index contributed by atoms with van der Waals surface area (Å²) < 4.78 is 46.1. The van der Waals surface area contributed by atoms with E-state index in [2.05, 4.69) is 9.98 Å². The molecule has 2 aliphatic rings. The molecule has 0 aliphatic carbocycles. The molecule has 0 bridgehead atoms. The number of sulfone groups is 1. The molecule has 1 atom stereocenters. The van der Waals surface area contributed by atoms with Gasteiger partial charge in [0.15, 0.2) is 4.80 Å². The molecule has 4 aromatic rings. The molecule has 0 amide bonds. The van der Waals surface area contributed by atoms with Crippen LogP contribution in [-0.2, 0) is 24.1 Å². The standard InChI is InChI=1S/C31H30N4O7S2/c1-4-41-30(37)25-20(3)32-31-35(26(25)21-8-6-5-7-9-21)28(36)23(43-31)18-24-33-27(29(42-24)34-14-16-40-17-15-34)44(38,39)22-12-10-19(2)11-13-22/h5-13,18,26H,4,14-17H2,1-3H3. The summed E-state index contributed by atoms with van der Waals surface area (Å²) in [5.74, 6) is -0.499. The van der Waals surface area contributed by atoms with Gasteiger partial charge in [-0.1, -0.05) is 59.4 Å². The zero-order valence-corrected chi connectivity index (χ0v) is 26.0. The minimum Gasteiger partial charge on any atom is -0.463 e. The molecule has 1 fully saturated rings. The number of anilines is 1.